The first-order chi connectivity index (χ1) is 15.5. The molecule has 0 unspecified atom stereocenters. The van der Waals surface area contributed by atoms with E-state index in [4.69, 9.17) is 0 Å². The lowest BCUT2D eigenvalue weighted by atomic mass is 10.00. The molecule has 2 aromatic carbocycles. The summed E-state index contributed by atoms with van der Waals surface area (Å²) in [4.78, 5) is 15.4. The highest BCUT2D eigenvalue weighted by atomic mass is 15.1. The predicted molar refractivity (Wildman–Crippen MR) is 136 cm³/mol. The van der Waals surface area contributed by atoms with Gasteiger partial charge in [-0.15, -0.1) is 0 Å². The molecule has 0 fully saturated rings. The summed E-state index contributed by atoms with van der Waals surface area (Å²) in [6.07, 6.45) is 7.54. The first-order valence-corrected chi connectivity index (χ1v) is 10.5. The Morgan fingerprint density at radius 3 is 2.75 bits per heavy atom. The highest BCUT2D eigenvalue weighted by molar-refractivity contribution is 5.94. The van der Waals surface area contributed by atoms with E-state index in [0.717, 1.165) is 40.4 Å². The smallest absolute Gasteiger partial charge is 0.0961 e. The molecule has 32 heavy (non-hydrogen) atoms. The third-order valence-corrected chi connectivity index (χ3v) is 5.39. The van der Waals surface area contributed by atoms with Crippen molar-refractivity contribution < 1.29 is 0 Å². The SMILES string of the molecule is C=Nc1cc(Nc2cnccc2CN(C)C)cc(-c2ccc3ccn(C)c3c2)c1N=CC. The molecule has 2 aromatic heterocycles. The number of pyridine rings is 1. The number of aliphatic imine (C=N–C) groups is 2. The zero-order valence-corrected chi connectivity index (χ0v) is 19.0. The predicted octanol–water partition coefficient (Wildman–Crippen LogP) is 6.10. The fraction of sp³-hybridized carbons (Fsp3) is 0.192. The van der Waals surface area contributed by atoms with Gasteiger partial charge in [0.15, 0.2) is 0 Å². The van der Waals surface area contributed by atoms with E-state index in [1.165, 1.54) is 16.5 Å². The maximum absolute atomic E-state index is 4.64. The first kappa shape index (κ1) is 21.5. The monoisotopic (exact) mass is 424 g/mol. The van der Waals surface area contributed by atoms with Crippen LogP contribution in [0.25, 0.3) is 22.0 Å². The van der Waals surface area contributed by atoms with Gasteiger partial charge in [0.05, 0.1) is 23.3 Å². The topological polar surface area (TPSA) is 57.8 Å². The van der Waals surface area contributed by atoms with Crippen molar-refractivity contribution in [1.82, 2.24) is 14.5 Å². The second kappa shape index (κ2) is 9.16. The van der Waals surface area contributed by atoms with Gasteiger partial charge in [-0.2, -0.15) is 0 Å². The van der Waals surface area contributed by atoms with Crippen molar-refractivity contribution in [1.29, 1.82) is 0 Å². The van der Waals surface area contributed by atoms with Crippen LogP contribution in [0.3, 0.4) is 0 Å². The van der Waals surface area contributed by atoms with Gasteiger partial charge in [0.2, 0.25) is 0 Å². The number of benzene rings is 2. The lowest BCUT2D eigenvalue weighted by Crippen LogP contribution is -2.12. The van der Waals surface area contributed by atoms with Crippen LogP contribution in [0.15, 0.2) is 71.0 Å². The van der Waals surface area contributed by atoms with Gasteiger partial charge < -0.3 is 14.8 Å². The molecule has 0 atom stereocenters. The van der Waals surface area contributed by atoms with Crippen molar-refractivity contribution in [2.75, 3.05) is 19.4 Å². The lowest BCUT2D eigenvalue weighted by molar-refractivity contribution is 0.403. The van der Waals surface area contributed by atoms with Gasteiger partial charge in [0.1, 0.15) is 0 Å². The van der Waals surface area contributed by atoms with Gasteiger partial charge in [-0.05, 0) is 74.6 Å². The van der Waals surface area contributed by atoms with Crippen LogP contribution in [0.5, 0.6) is 0 Å². The molecule has 0 aliphatic rings. The molecule has 2 heterocycles. The molecule has 0 bridgehead atoms. The summed E-state index contributed by atoms with van der Waals surface area (Å²) in [7, 11) is 6.17. The molecule has 0 amide bonds. The third kappa shape index (κ3) is 4.31. The quantitative estimate of drug-likeness (QED) is 0.365. The summed E-state index contributed by atoms with van der Waals surface area (Å²) >= 11 is 0. The summed E-state index contributed by atoms with van der Waals surface area (Å²) < 4.78 is 2.12. The zero-order valence-electron chi connectivity index (χ0n) is 19.0. The third-order valence-electron chi connectivity index (χ3n) is 5.39. The minimum Gasteiger partial charge on any atom is -0.354 e. The second-order valence-corrected chi connectivity index (χ2v) is 8.03. The summed E-state index contributed by atoms with van der Waals surface area (Å²) in [6.45, 7) is 6.52. The Bertz CT molecular complexity index is 1300. The number of aryl methyl sites for hydroxylation is 1. The van der Waals surface area contributed by atoms with E-state index in [1.54, 1.807) is 6.21 Å². The van der Waals surface area contributed by atoms with Crippen LogP contribution in [-0.4, -0.2) is 41.5 Å². The lowest BCUT2D eigenvalue weighted by Gasteiger charge is -2.17. The molecular weight excluding hydrogens is 396 g/mol. The van der Waals surface area contributed by atoms with E-state index in [9.17, 15) is 0 Å². The van der Waals surface area contributed by atoms with Gasteiger partial charge in [-0.3, -0.25) is 15.0 Å². The molecule has 6 heteroatoms. The number of hydrogen-bond acceptors (Lipinski definition) is 5. The summed E-state index contributed by atoms with van der Waals surface area (Å²) in [6, 6.07) is 14.7. The van der Waals surface area contributed by atoms with Crippen LogP contribution >= 0.6 is 0 Å². The van der Waals surface area contributed by atoms with Gasteiger partial charge in [0.25, 0.3) is 0 Å². The standard InChI is InChI=1S/C26H28N6/c1-6-29-26-22(19-8-7-18-10-12-32(5)25(18)13-19)14-21(15-23(26)27-2)30-24-16-28-11-9-20(24)17-31(3)4/h6-16,30H,2,17H2,1,3-5H3. The average molecular weight is 425 g/mol. The molecule has 0 aliphatic heterocycles. The van der Waals surface area contributed by atoms with Crippen LogP contribution in [0.1, 0.15) is 12.5 Å². The Balaban J connectivity index is 1.85. The summed E-state index contributed by atoms with van der Waals surface area (Å²) in [5.41, 5.74) is 7.82. The van der Waals surface area contributed by atoms with Gasteiger partial charge in [0, 0.05) is 49.0 Å². The van der Waals surface area contributed by atoms with E-state index < -0.39 is 0 Å². The molecular formula is C26H28N6. The van der Waals surface area contributed by atoms with Crippen LogP contribution in [0.2, 0.25) is 0 Å². The Labute approximate surface area is 189 Å². The van der Waals surface area contributed by atoms with Crippen LogP contribution in [0, 0.1) is 0 Å². The van der Waals surface area contributed by atoms with Gasteiger partial charge in [-0.25, -0.2) is 0 Å². The molecule has 1 N–H and O–H groups in total. The second-order valence-electron chi connectivity index (χ2n) is 8.03. The van der Waals surface area contributed by atoms with Crippen molar-refractivity contribution in [3.63, 3.8) is 0 Å². The molecule has 0 saturated heterocycles. The fourth-order valence-electron chi connectivity index (χ4n) is 3.90. The van der Waals surface area contributed by atoms with Gasteiger partial charge in [-0.1, -0.05) is 12.1 Å². The number of nitrogens with one attached hydrogen (secondary N) is 1. The maximum atomic E-state index is 4.64. The maximum Gasteiger partial charge on any atom is 0.0961 e. The van der Waals surface area contributed by atoms with Crippen molar-refractivity contribution in [2.24, 2.45) is 17.0 Å². The summed E-state index contributed by atoms with van der Waals surface area (Å²) in [5.74, 6) is 0. The number of anilines is 2. The van der Waals surface area contributed by atoms with Crippen molar-refractivity contribution >= 4 is 46.6 Å². The van der Waals surface area contributed by atoms with Crippen LogP contribution in [-0.2, 0) is 13.6 Å². The van der Waals surface area contributed by atoms with E-state index in [0.29, 0.717) is 0 Å². The number of aromatic nitrogens is 2. The van der Waals surface area contributed by atoms with Gasteiger partial charge >= 0.3 is 0 Å². The Morgan fingerprint density at radius 1 is 1.16 bits per heavy atom. The average Bonchev–Trinajstić information content (AvgIpc) is 3.15. The molecule has 0 saturated carbocycles. The summed E-state index contributed by atoms with van der Waals surface area (Å²) in [5, 5.41) is 4.75. The molecule has 6 nitrogen and oxygen atoms in total. The number of hydrogen-bond donors (Lipinski definition) is 1. The molecule has 162 valence electrons. The van der Waals surface area contributed by atoms with Crippen LogP contribution in [0.4, 0.5) is 22.7 Å². The van der Waals surface area contributed by atoms with E-state index in [-0.39, 0.29) is 0 Å². The molecule has 4 aromatic rings. The molecule has 0 radical (unpaired) electrons. The highest BCUT2D eigenvalue weighted by Gasteiger charge is 2.14. The largest absolute Gasteiger partial charge is 0.354 e. The molecule has 0 aliphatic carbocycles. The van der Waals surface area contributed by atoms with E-state index in [1.807, 2.05) is 31.5 Å². The Hall–Kier alpha value is -3.77. The minimum atomic E-state index is 0.730. The first-order valence-electron chi connectivity index (χ1n) is 10.5. The van der Waals surface area contributed by atoms with Crippen LogP contribution < -0.4 is 5.32 Å². The normalized spacial score (nSPS) is 11.5. The molecule has 4 rings (SSSR count). The number of fused-ring (bicyclic) bond motifs is 1. The number of rotatable bonds is 7. The van der Waals surface area contributed by atoms with Crippen molar-refractivity contribution in [2.45, 2.75) is 13.5 Å². The minimum absolute atomic E-state index is 0.730. The highest BCUT2D eigenvalue weighted by Crippen LogP contribution is 2.42. The van der Waals surface area contributed by atoms with E-state index >= 15 is 0 Å². The Morgan fingerprint density at radius 2 is 2.00 bits per heavy atom. The van der Waals surface area contributed by atoms with Crippen molar-refractivity contribution in [3.05, 3.63) is 66.6 Å². The molecule has 0 spiro atoms. The number of nitrogens with zero attached hydrogens (tertiary/aromatic N) is 5. The van der Waals surface area contributed by atoms with E-state index in [2.05, 4.69) is 94.1 Å². The fourth-order valence-corrected chi connectivity index (χ4v) is 3.90. The Kier molecular flexibility index (Phi) is 6.14. The zero-order chi connectivity index (χ0) is 22.7. The van der Waals surface area contributed by atoms with Crippen molar-refractivity contribution in [3.8, 4) is 11.1 Å².